The first-order chi connectivity index (χ1) is 15.7. The molecule has 2 aromatic heterocycles. The molecule has 4 rings (SSSR count). The van der Waals surface area contributed by atoms with Gasteiger partial charge in [-0.05, 0) is 36.1 Å². The fraction of sp³-hybridized carbons (Fsp3) is 0.391. The monoisotopic (exact) mass is 433 g/mol. The summed E-state index contributed by atoms with van der Waals surface area (Å²) < 4.78 is 0. The van der Waals surface area contributed by atoms with E-state index in [9.17, 15) is 9.59 Å². The van der Waals surface area contributed by atoms with Crippen molar-refractivity contribution in [3.05, 3.63) is 60.4 Å². The number of hydrogen-bond acceptors (Lipinski definition) is 6. The molecule has 1 aromatic carbocycles. The van der Waals surface area contributed by atoms with E-state index in [-0.39, 0.29) is 17.7 Å². The largest absolute Gasteiger partial charge is 0.352 e. The average Bonchev–Trinajstić information content (AvgIpc) is 3.33. The van der Waals surface area contributed by atoms with E-state index in [2.05, 4.69) is 25.7 Å². The van der Waals surface area contributed by atoms with Gasteiger partial charge in [0.25, 0.3) is 0 Å². The molecule has 166 valence electrons. The Morgan fingerprint density at radius 2 is 1.88 bits per heavy atom. The summed E-state index contributed by atoms with van der Waals surface area (Å²) in [6, 6.07) is 13.5. The molecular formula is C23H27N7O2. The Balaban J connectivity index is 1.16. The van der Waals surface area contributed by atoms with Crippen LogP contribution in [0, 0.1) is 5.92 Å². The molecule has 3 heterocycles. The van der Waals surface area contributed by atoms with E-state index in [4.69, 9.17) is 0 Å². The highest BCUT2D eigenvalue weighted by molar-refractivity contribution is 5.80. The van der Waals surface area contributed by atoms with Crippen molar-refractivity contribution in [2.45, 2.75) is 38.8 Å². The first kappa shape index (κ1) is 21.6. The second kappa shape index (κ2) is 10.6. The van der Waals surface area contributed by atoms with Crippen molar-refractivity contribution in [2.24, 2.45) is 5.92 Å². The SMILES string of the molecule is O=C(NCc1cccnc1)C1CCN(C(=O)CCCn2nnc(-c3ccccc3)n2)CC1. The summed E-state index contributed by atoms with van der Waals surface area (Å²) >= 11 is 0. The maximum Gasteiger partial charge on any atom is 0.223 e. The van der Waals surface area contributed by atoms with Crippen molar-refractivity contribution in [1.82, 2.24) is 35.4 Å². The summed E-state index contributed by atoms with van der Waals surface area (Å²) in [4.78, 5) is 32.4. The highest BCUT2D eigenvalue weighted by Crippen LogP contribution is 2.19. The summed E-state index contributed by atoms with van der Waals surface area (Å²) in [5.74, 6) is 0.697. The minimum Gasteiger partial charge on any atom is -0.352 e. The van der Waals surface area contributed by atoms with Crippen LogP contribution in [0.3, 0.4) is 0 Å². The zero-order chi connectivity index (χ0) is 22.2. The number of carbonyl (C=O) groups is 2. The number of amides is 2. The van der Waals surface area contributed by atoms with Crippen LogP contribution in [-0.2, 0) is 22.7 Å². The zero-order valence-electron chi connectivity index (χ0n) is 17.9. The Morgan fingerprint density at radius 1 is 1.06 bits per heavy atom. The molecule has 2 amide bonds. The third-order valence-electron chi connectivity index (χ3n) is 5.64. The molecule has 1 fully saturated rings. The normalized spacial score (nSPS) is 14.3. The standard InChI is InChI=1S/C23H27N7O2/c31-21(9-5-13-30-27-22(26-28-30)19-7-2-1-3-8-19)29-14-10-20(11-15-29)23(32)25-17-18-6-4-12-24-16-18/h1-4,6-8,12,16,20H,5,9-11,13-15,17H2,(H,25,32). The number of nitrogens with one attached hydrogen (secondary N) is 1. The molecule has 1 N–H and O–H groups in total. The average molecular weight is 434 g/mol. The Labute approximate surface area is 186 Å². The zero-order valence-corrected chi connectivity index (χ0v) is 17.9. The fourth-order valence-corrected chi connectivity index (χ4v) is 3.80. The Hall–Kier alpha value is -3.62. The number of benzene rings is 1. The molecule has 3 aromatic rings. The van der Waals surface area contributed by atoms with E-state index >= 15 is 0 Å². The number of aryl methyl sites for hydroxylation is 1. The van der Waals surface area contributed by atoms with Crippen LogP contribution >= 0.6 is 0 Å². The quantitative estimate of drug-likeness (QED) is 0.583. The molecule has 1 aliphatic rings. The summed E-state index contributed by atoms with van der Waals surface area (Å²) in [6.45, 7) is 2.25. The van der Waals surface area contributed by atoms with Crippen LogP contribution in [-0.4, -0.2) is 55.0 Å². The molecule has 9 nitrogen and oxygen atoms in total. The highest BCUT2D eigenvalue weighted by atomic mass is 16.2. The topological polar surface area (TPSA) is 106 Å². The number of hydrogen-bond donors (Lipinski definition) is 1. The number of nitrogens with zero attached hydrogens (tertiary/aromatic N) is 6. The lowest BCUT2D eigenvalue weighted by Crippen LogP contribution is -2.42. The first-order valence-electron chi connectivity index (χ1n) is 11.0. The molecule has 0 radical (unpaired) electrons. The second-order valence-electron chi connectivity index (χ2n) is 7.91. The van der Waals surface area contributed by atoms with Gasteiger partial charge in [0.15, 0.2) is 0 Å². The number of rotatable bonds is 8. The summed E-state index contributed by atoms with van der Waals surface area (Å²) in [5.41, 5.74) is 1.90. The third-order valence-corrected chi connectivity index (χ3v) is 5.64. The first-order valence-corrected chi connectivity index (χ1v) is 11.0. The van der Waals surface area contributed by atoms with Crippen molar-refractivity contribution in [3.63, 3.8) is 0 Å². The fourth-order valence-electron chi connectivity index (χ4n) is 3.80. The van der Waals surface area contributed by atoms with E-state index in [0.717, 1.165) is 11.1 Å². The molecule has 0 aliphatic carbocycles. The van der Waals surface area contributed by atoms with Gasteiger partial charge in [-0.3, -0.25) is 14.6 Å². The van der Waals surface area contributed by atoms with E-state index in [0.29, 0.717) is 57.7 Å². The van der Waals surface area contributed by atoms with Gasteiger partial charge in [-0.2, -0.15) is 4.80 Å². The molecule has 0 unspecified atom stereocenters. The third kappa shape index (κ3) is 5.75. The van der Waals surface area contributed by atoms with E-state index in [1.165, 1.54) is 4.80 Å². The highest BCUT2D eigenvalue weighted by Gasteiger charge is 2.27. The van der Waals surface area contributed by atoms with Crippen LogP contribution in [0.1, 0.15) is 31.2 Å². The molecule has 1 aliphatic heterocycles. The maximum absolute atomic E-state index is 12.6. The lowest BCUT2D eigenvalue weighted by molar-refractivity contribution is -0.135. The Kier molecular flexibility index (Phi) is 7.16. The molecule has 0 saturated carbocycles. The molecule has 1 saturated heterocycles. The molecule has 0 spiro atoms. The van der Waals surface area contributed by atoms with E-state index in [1.807, 2.05) is 47.4 Å². The summed E-state index contributed by atoms with van der Waals surface area (Å²) in [6.07, 6.45) is 5.92. The Morgan fingerprint density at radius 3 is 2.62 bits per heavy atom. The lowest BCUT2D eigenvalue weighted by atomic mass is 9.95. The molecule has 0 bridgehead atoms. The predicted octanol–water partition coefficient (Wildman–Crippen LogP) is 2.07. The van der Waals surface area contributed by atoms with Crippen molar-refractivity contribution in [2.75, 3.05) is 13.1 Å². The summed E-state index contributed by atoms with van der Waals surface area (Å²) in [7, 11) is 0. The van der Waals surface area contributed by atoms with Crippen molar-refractivity contribution in [1.29, 1.82) is 0 Å². The number of aromatic nitrogens is 5. The van der Waals surface area contributed by atoms with Gasteiger partial charge in [-0.15, -0.1) is 10.2 Å². The van der Waals surface area contributed by atoms with Crippen LogP contribution in [0.25, 0.3) is 11.4 Å². The van der Waals surface area contributed by atoms with Crippen LogP contribution in [0.5, 0.6) is 0 Å². The van der Waals surface area contributed by atoms with Crippen LogP contribution < -0.4 is 5.32 Å². The minimum atomic E-state index is -0.0496. The van der Waals surface area contributed by atoms with Gasteiger partial charge < -0.3 is 10.2 Å². The smallest absolute Gasteiger partial charge is 0.223 e. The van der Waals surface area contributed by atoms with E-state index < -0.39 is 0 Å². The van der Waals surface area contributed by atoms with Crippen LogP contribution in [0.15, 0.2) is 54.9 Å². The van der Waals surface area contributed by atoms with Crippen molar-refractivity contribution >= 4 is 11.8 Å². The van der Waals surface area contributed by atoms with Gasteiger partial charge in [0, 0.05) is 49.9 Å². The molecule has 9 heteroatoms. The van der Waals surface area contributed by atoms with Crippen LogP contribution in [0.2, 0.25) is 0 Å². The van der Waals surface area contributed by atoms with E-state index in [1.54, 1.807) is 12.4 Å². The van der Waals surface area contributed by atoms with Gasteiger partial charge in [0.1, 0.15) is 0 Å². The van der Waals surface area contributed by atoms with Gasteiger partial charge in [0.2, 0.25) is 17.6 Å². The minimum absolute atomic E-state index is 0.0485. The van der Waals surface area contributed by atoms with Gasteiger partial charge >= 0.3 is 0 Å². The van der Waals surface area contributed by atoms with Gasteiger partial charge in [0.05, 0.1) is 6.54 Å². The predicted molar refractivity (Wildman–Crippen MR) is 118 cm³/mol. The van der Waals surface area contributed by atoms with Crippen molar-refractivity contribution < 1.29 is 9.59 Å². The molecule has 32 heavy (non-hydrogen) atoms. The van der Waals surface area contributed by atoms with Crippen LogP contribution in [0.4, 0.5) is 0 Å². The summed E-state index contributed by atoms with van der Waals surface area (Å²) in [5, 5.41) is 15.5. The number of carbonyl (C=O) groups excluding carboxylic acids is 2. The Bertz CT molecular complexity index is 1020. The number of pyridine rings is 1. The van der Waals surface area contributed by atoms with Crippen molar-refractivity contribution in [3.8, 4) is 11.4 Å². The number of likely N-dealkylation sites (tertiary alicyclic amines) is 1. The van der Waals surface area contributed by atoms with Gasteiger partial charge in [-0.1, -0.05) is 36.4 Å². The number of tetrazole rings is 1. The van der Waals surface area contributed by atoms with Gasteiger partial charge in [-0.25, -0.2) is 0 Å². The second-order valence-corrected chi connectivity index (χ2v) is 7.91. The molecule has 0 atom stereocenters. The lowest BCUT2D eigenvalue weighted by Gasteiger charge is -2.31. The maximum atomic E-state index is 12.6. The number of piperidine rings is 1. The molecular weight excluding hydrogens is 406 g/mol.